The maximum absolute atomic E-state index is 11.4. The molecule has 0 saturated carbocycles. The van der Waals surface area contributed by atoms with Crippen LogP contribution in [0.5, 0.6) is 5.75 Å². The van der Waals surface area contributed by atoms with Crippen molar-refractivity contribution in [2.24, 2.45) is 0 Å². The van der Waals surface area contributed by atoms with Gasteiger partial charge in [-0.3, -0.25) is 14.4 Å². The summed E-state index contributed by atoms with van der Waals surface area (Å²) in [6, 6.07) is 6.42. The van der Waals surface area contributed by atoms with Crippen LogP contribution in [-0.2, 0) is 14.4 Å². The summed E-state index contributed by atoms with van der Waals surface area (Å²) in [4.78, 5) is 32.8. The van der Waals surface area contributed by atoms with Gasteiger partial charge in [-0.2, -0.15) is 0 Å². The first-order valence-corrected chi connectivity index (χ1v) is 5.30. The van der Waals surface area contributed by atoms with E-state index in [1.807, 2.05) is 0 Å². The lowest BCUT2D eigenvalue weighted by molar-refractivity contribution is -0.131. The third-order valence-electron chi connectivity index (χ3n) is 1.88. The topological polar surface area (TPSA) is 84.5 Å². The molecule has 1 aromatic carbocycles. The minimum Gasteiger partial charge on any atom is -0.427 e. The van der Waals surface area contributed by atoms with Crippen molar-refractivity contribution in [2.45, 2.75) is 13.8 Å². The van der Waals surface area contributed by atoms with Gasteiger partial charge in [0, 0.05) is 25.6 Å². The van der Waals surface area contributed by atoms with Crippen LogP contribution in [0, 0.1) is 0 Å². The van der Waals surface area contributed by atoms with Crippen molar-refractivity contribution in [3.05, 3.63) is 24.3 Å². The number of anilines is 1. The molecule has 0 bridgehead atoms. The van der Waals surface area contributed by atoms with Crippen molar-refractivity contribution >= 4 is 23.5 Å². The molecular weight excluding hydrogens is 236 g/mol. The Hall–Kier alpha value is -2.37. The zero-order chi connectivity index (χ0) is 13.5. The van der Waals surface area contributed by atoms with Crippen LogP contribution in [0.4, 0.5) is 5.69 Å². The molecule has 6 heteroatoms. The van der Waals surface area contributed by atoms with E-state index in [0.717, 1.165) is 0 Å². The molecule has 0 aromatic heterocycles. The smallest absolute Gasteiger partial charge is 0.308 e. The fraction of sp³-hybridized carbons (Fsp3) is 0.250. The average Bonchev–Trinajstić information content (AvgIpc) is 2.26. The quantitative estimate of drug-likeness (QED) is 0.608. The lowest BCUT2D eigenvalue weighted by Crippen LogP contribution is -2.31. The molecule has 96 valence electrons. The first-order chi connectivity index (χ1) is 8.47. The zero-order valence-electron chi connectivity index (χ0n) is 10.1. The third kappa shape index (κ3) is 5.11. The maximum atomic E-state index is 11.4. The summed E-state index contributed by atoms with van der Waals surface area (Å²) in [6.45, 7) is 2.52. The lowest BCUT2D eigenvalue weighted by atomic mass is 10.3. The van der Waals surface area contributed by atoms with Crippen LogP contribution < -0.4 is 15.4 Å². The molecule has 0 unspecified atom stereocenters. The van der Waals surface area contributed by atoms with E-state index in [2.05, 4.69) is 10.6 Å². The number of carbonyl (C=O) groups is 3. The van der Waals surface area contributed by atoms with E-state index in [1.165, 1.54) is 19.9 Å². The third-order valence-corrected chi connectivity index (χ3v) is 1.88. The molecule has 2 amide bonds. The van der Waals surface area contributed by atoms with Gasteiger partial charge in [0.2, 0.25) is 11.8 Å². The molecule has 18 heavy (non-hydrogen) atoms. The second kappa shape index (κ2) is 6.39. The second-order valence-electron chi connectivity index (χ2n) is 3.58. The molecule has 0 saturated heterocycles. The maximum Gasteiger partial charge on any atom is 0.308 e. The highest BCUT2D eigenvalue weighted by Crippen LogP contribution is 2.17. The van der Waals surface area contributed by atoms with E-state index in [-0.39, 0.29) is 18.4 Å². The van der Waals surface area contributed by atoms with Crippen LogP contribution in [0.15, 0.2) is 24.3 Å². The van der Waals surface area contributed by atoms with Crippen LogP contribution in [-0.4, -0.2) is 24.3 Å². The molecule has 0 aliphatic rings. The minimum absolute atomic E-state index is 0.104. The predicted octanol–water partition coefficient (Wildman–Crippen LogP) is 0.686. The number of carbonyl (C=O) groups excluding carboxylic acids is 3. The summed E-state index contributed by atoms with van der Waals surface area (Å²) < 4.78 is 4.87. The van der Waals surface area contributed by atoms with E-state index < -0.39 is 5.97 Å². The minimum atomic E-state index is -0.434. The number of hydrogen-bond donors (Lipinski definition) is 2. The summed E-state index contributed by atoms with van der Waals surface area (Å²) in [5.41, 5.74) is 0.490. The molecule has 0 aliphatic carbocycles. The molecule has 0 radical (unpaired) electrons. The van der Waals surface area contributed by atoms with E-state index in [1.54, 1.807) is 18.2 Å². The van der Waals surface area contributed by atoms with Crippen LogP contribution in [0.25, 0.3) is 0 Å². The van der Waals surface area contributed by atoms with Crippen molar-refractivity contribution < 1.29 is 19.1 Å². The number of amides is 2. The molecular formula is C12H14N2O4. The number of nitrogens with one attached hydrogen (secondary N) is 2. The van der Waals surface area contributed by atoms with Gasteiger partial charge in [0.1, 0.15) is 5.75 Å². The Balaban J connectivity index is 2.58. The van der Waals surface area contributed by atoms with E-state index in [0.29, 0.717) is 11.4 Å². The van der Waals surface area contributed by atoms with Gasteiger partial charge in [0.05, 0.1) is 6.54 Å². The van der Waals surface area contributed by atoms with Gasteiger partial charge in [-0.05, 0) is 12.1 Å². The first-order valence-electron chi connectivity index (χ1n) is 5.30. The van der Waals surface area contributed by atoms with Crippen LogP contribution in [0.1, 0.15) is 13.8 Å². The highest BCUT2D eigenvalue weighted by molar-refractivity contribution is 5.94. The second-order valence-corrected chi connectivity index (χ2v) is 3.58. The summed E-state index contributed by atoms with van der Waals surface area (Å²) in [6.07, 6.45) is 0. The molecule has 2 N–H and O–H groups in total. The Bertz CT molecular complexity index is 471. The van der Waals surface area contributed by atoms with Crippen molar-refractivity contribution in [2.75, 3.05) is 11.9 Å². The van der Waals surface area contributed by atoms with Crippen LogP contribution in [0.3, 0.4) is 0 Å². The zero-order valence-corrected chi connectivity index (χ0v) is 10.1. The van der Waals surface area contributed by atoms with E-state index >= 15 is 0 Å². The van der Waals surface area contributed by atoms with Gasteiger partial charge in [-0.1, -0.05) is 6.07 Å². The summed E-state index contributed by atoms with van der Waals surface area (Å²) >= 11 is 0. The molecule has 1 aromatic rings. The number of esters is 1. The average molecular weight is 250 g/mol. The van der Waals surface area contributed by atoms with E-state index in [9.17, 15) is 14.4 Å². The fourth-order valence-corrected chi connectivity index (χ4v) is 1.21. The monoisotopic (exact) mass is 250 g/mol. The van der Waals surface area contributed by atoms with Gasteiger partial charge in [0.25, 0.3) is 0 Å². The normalized spacial score (nSPS) is 9.44. The summed E-state index contributed by atoms with van der Waals surface area (Å²) in [7, 11) is 0. The van der Waals surface area contributed by atoms with Gasteiger partial charge in [-0.25, -0.2) is 0 Å². The van der Waals surface area contributed by atoms with Gasteiger partial charge in [0.15, 0.2) is 0 Å². The molecule has 6 nitrogen and oxygen atoms in total. The molecule has 0 spiro atoms. The van der Waals surface area contributed by atoms with E-state index in [4.69, 9.17) is 4.74 Å². The highest BCUT2D eigenvalue weighted by Gasteiger charge is 2.04. The Morgan fingerprint density at radius 2 is 1.94 bits per heavy atom. The Morgan fingerprint density at radius 3 is 2.56 bits per heavy atom. The van der Waals surface area contributed by atoms with Crippen molar-refractivity contribution in [1.82, 2.24) is 5.32 Å². The van der Waals surface area contributed by atoms with Crippen molar-refractivity contribution in [3.8, 4) is 5.75 Å². The number of ether oxygens (including phenoxy) is 1. The molecule has 1 rings (SSSR count). The van der Waals surface area contributed by atoms with Crippen LogP contribution in [0.2, 0.25) is 0 Å². The number of rotatable bonds is 4. The predicted molar refractivity (Wildman–Crippen MR) is 65.1 cm³/mol. The van der Waals surface area contributed by atoms with Crippen molar-refractivity contribution in [3.63, 3.8) is 0 Å². The Labute approximate surface area is 104 Å². The molecule has 0 fully saturated rings. The Kier molecular flexibility index (Phi) is 4.86. The molecule has 0 atom stereocenters. The summed E-state index contributed by atoms with van der Waals surface area (Å²) in [5, 5.41) is 4.94. The fourth-order valence-electron chi connectivity index (χ4n) is 1.21. The highest BCUT2D eigenvalue weighted by atomic mass is 16.5. The standard InChI is InChI=1S/C12H14N2O4/c1-8(15)13-7-12(17)14-10-4-3-5-11(6-10)18-9(2)16/h3-6H,7H2,1-2H3,(H,13,15)(H,14,17). The summed E-state index contributed by atoms with van der Waals surface area (Å²) in [5.74, 6) is -0.722. The first kappa shape index (κ1) is 13.7. The van der Waals surface area contributed by atoms with Crippen molar-refractivity contribution in [1.29, 1.82) is 0 Å². The van der Waals surface area contributed by atoms with Gasteiger partial charge in [-0.15, -0.1) is 0 Å². The molecule has 0 aliphatic heterocycles. The SMILES string of the molecule is CC(=O)NCC(=O)Nc1cccc(OC(C)=O)c1. The van der Waals surface area contributed by atoms with Gasteiger partial charge >= 0.3 is 5.97 Å². The number of benzene rings is 1. The lowest BCUT2D eigenvalue weighted by Gasteiger charge is -2.07. The number of hydrogen-bond acceptors (Lipinski definition) is 4. The largest absolute Gasteiger partial charge is 0.427 e. The van der Waals surface area contributed by atoms with Gasteiger partial charge < -0.3 is 15.4 Å². The van der Waals surface area contributed by atoms with Crippen LogP contribution >= 0.6 is 0 Å². The Morgan fingerprint density at radius 1 is 1.22 bits per heavy atom. The molecule has 0 heterocycles.